The van der Waals surface area contributed by atoms with Gasteiger partial charge in [-0.2, -0.15) is 0 Å². The first-order chi connectivity index (χ1) is 14.3. The molecule has 1 unspecified atom stereocenters. The van der Waals surface area contributed by atoms with Crippen molar-refractivity contribution in [1.29, 1.82) is 0 Å². The van der Waals surface area contributed by atoms with Gasteiger partial charge in [-0.1, -0.05) is 19.1 Å². The zero-order valence-electron chi connectivity index (χ0n) is 17.3. The summed E-state index contributed by atoms with van der Waals surface area (Å²) in [4.78, 5) is 14.8. The minimum absolute atomic E-state index is 0.0541. The topological polar surface area (TPSA) is 78.5 Å². The number of carbonyl (C=O) groups is 1. The van der Waals surface area contributed by atoms with Gasteiger partial charge >= 0.3 is 0 Å². The minimum Gasteiger partial charge on any atom is -0.371 e. The summed E-state index contributed by atoms with van der Waals surface area (Å²) in [5, 5.41) is 3.00. The number of carbonyl (C=O) groups excluding carboxylic acids is 1. The summed E-state index contributed by atoms with van der Waals surface area (Å²) >= 11 is 0. The fourth-order valence-corrected chi connectivity index (χ4v) is 4.79. The van der Waals surface area contributed by atoms with Crippen LogP contribution in [0.3, 0.4) is 0 Å². The Kier molecular flexibility index (Phi) is 7.10. The predicted molar refractivity (Wildman–Crippen MR) is 116 cm³/mol. The Labute approximate surface area is 177 Å². The molecule has 1 heterocycles. The van der Waals surface area contributed by atoms with E-state index in [1.54, 1.807) is 0 Å². The van der Waals surface area contributed by atoms with Crippen LogP contribution in [0.15, 0.2) is 53.4 Å². The van der Waals surface area contributed by atoms with Gasteiger partial charge in [0.25, 0.3) is 5.91 Å². The first-order valence-corrected chi connectivity index (χ1v) is 11.7. The van der Waals surface area contributed by atoms with Crippen molar-refractivity contribution in [1.82, 2.24) is 10.0 Å². The van der Waals surface area contributed by atoms with Gasteiger partial charge in [-0.3, -0.25) is 4.79 Å². The third kappa shape index (κ3) is 5.37. The van der Waals surface area contributed by atoms with Gasteiger partial charge in [-0.15, -0.1) is 0 Å². The van der Waals surface area contributed by atoms with E-state index in [0.717, 1.165) is 24.2 Å². The van der Waals surface area contributed by atoms with E-state index in [1.807, 2.05) is 38.1 Å². The van der Waals surface area contributed by atoms with Gasteiger partial charge < -0.3 is 10.2 Å². The molecule has 1 saturated heterocycles. The molecule has 162 valence electrons. The molecular weight excluding hydrogens is 405 g/mol. The molecule has 0 aromatic heterocycles. The molecule has 0 saturated carbocycles. The van der Waals surface area contributed by atoms with Crippen molar-refractivity contribution in [2.45, 2.75) is 50.1 Å². The summed E-state index contributed by atoms with van der Waals surface area (Å²) < 4.78 is 40.9. The highest BCUT2D eigenvalue weighted by Gasteiger charge is 2.26. The number of anilines is 1. The lowest BCUT2D eigenvalue weighted by atomic mass is 10.0. The summed E-state index contributed by atoms with van der Waals surface area (Å²) in [5.41, 5.74) is 1.49. The predicted octanol–water partition coefficient (Wildman–Crippen LogP) is 3.30. The van der Waals surface area contributed by atoms with Crippen molar-refractivity contribution in [3.05, 3.63) is 59.9 Å². The Hall–Kier alpha value is -2.45. The minimum atomic E-state index is -3.70. The molecule has 0 aliphatic carbocycles. The average molecular weight is 434 g/mol. The fourth-order valence-electron chi connectivity index (χ4n) is 3.48. The molecule has 2 aromatic carbocycles. The van der Waals surface area contributed by atoms with Gasteiger partial charge in [0.05, 0.1) is 10.5 Å². The quantitative estimate of drug-likeness (QED) is 0.702. The van der Waals surface area contributed by atoms with Crippen molar-refractivity contribution in [3.8, 4) is 0 Å². The van der Waals surface area contributed by atoms with E-state index in [-0.39, 0.29) is 22.9 Å². The summed E-state index contributed by atoms with van der Waals surface area (Å²) in [6.07, 6.45) is 2.08. The zero-order chi connectivity index (χ0) is 21.7. The van der Waals surface area contributed by atoms with Gasteiger partial charge in [0.2, 0.25) is 10.0 Å². The van der Waals surface area contributed by atoms with E-state index < -0.39 is 15.8 Å². The molecule has 0 spiro atoms. The van der Waals surface area contributed by atoms with E-state index in [1.165, 1.54) is 12.1 Å². The summed E-state index contributed by atoms with van der Waals surface area (Å²) in [5.74, 6) is -0.572. The fraction of sp³-hybridized carbons (Fsp3) is 0.409. The molecule has 8 heteroatoms. The first kappa shape index (κ1) is 22.2. The number of nitrogens with zero attached hydrogens (tertiary/aromatic N) is 1. The van der Waals surface area contributed by atoms with Crippen LogP contribution < -0.4 is 14.9 Å². The Morgan fingerprint density at radius 3 is 2.40 bits per heavy atom. The Morgan fingerprint density at radius 2 is 1.77 bits per heavy atom. The highest BCUT2D eigenvalue weighted by atomic mass is 32.2. The molecule has 3 rings (SSSR count). The Balaban J connectivity index is 1.65. The third-order valence-corrected chi connectivity index (χ3v) is 6.96. The van der Waals surface area contributed by atoms with Crippen LogP contribution in [0.2, 0.25) is 0 Å². The first-order valence-electron chi connectivity index (χ1n) is 10.2. The van der Waals surface area contributed by atoms with Gasteiger partial charge in [-0.05, 0) is 62.6 Å². The van der Waals surface area contributed by atoms with Crippen LogP contribution >= 0.6 is 0 Å². The number of para-hydroxylation sites is 1. The van der Waals surface area contributed by atoms with Crippen LogP contribution in [-0.2, 0) is 10.0 Å². The van der Waals surface area contributed by atoms with Crippen molar-refractivity contribution in [2.75, 3.05) is 18.0 Å². The lowest BCUT2D eigenvalue weighted by Crippen LogP contribution is -2.45. The number of hydrogen-bond donors (Lipinski definition) is 2. The largest absolute Gasteiger partial charge is 0.371 e. The second-order valence-corrected chi connectivity index (χ2v) is 9.35. The number of piperidine rings is 1. The second-order valence-electron chi connectivity index (χ2n) is 7.64. The number of rotatable bonds is 7. The van der Waals surface area contributed by atoms with Crippen LogP contribution in [0.25, 0.3) is 0 Å². The third-order valence-electron chi connectivity index (χ3n) is 5.42. The van der Waals surface area contributed by atoms with E-state index in [0.29, 0.717) is 31.5 Å². The number of benzene rings is 2. The highest BCUT2D eigenvalue weighted by molar-refractivity contribution is 7.89. The number of halogens is 1. The maximum atomic E-state index is 13.1. The van der Waals surface area contributed by atoms with Crippen molar-refractivity contribution in [2.24, 2.45) is 0 Å². The van der Waals surface area contributed by atoms with Crippen LogP contribution in [0.4, 0.5) is 10.1 Å². The number of amides is 1. The lowest BCUT2D eigenvalue weighted by molar-refractivity contribution is 0.0939. The summed E-state index contributed by atoms with van der Waals surface area (Å²) in [6, 6.07) is 12.2. The molecule has 1 aliphatic heterocycles. The van der Waals surface area contributed by atoms with E-state index >= 15 is 0 Å². The van der Waals surface area contributed by atoms with Gasteiger partial charge in [0, 0.05) is 30.9 Å². The van der Waals surface area contributed by atoms with Gasteiger partial charge in [0.1, 0.15) is 5.82 Å². The van der Waals surface area contributed by atoms with Gasteiger partial charge in [0.15, 0.2) is 0 Å². The standard InChI is InChI=1S/C22H28FN3O3S/c1-3-16(2)24-22(27)20-6-4-5-7-21(20)26-14-12-18(13-15-26)25-30(28,29)19-10-8-17(23)9-11-19/h4-11,16,18,25H,3,12-15H2,1-2H3,(H,24,27). The Morgan fingerprint density at radius 1 is 1.13 bits per heavy atom. The van der Waals surface area contributed by atoms with Gasteiger partial charge in [-0.25, -0.2) is 17.5 Å². The number of hydrogen-bond acceptors (Lipinski definition) is 4. The molecule has 0 bridgehead atoms. The molecule has 1 aliphatic rings. The molecule has 2 N–H and O–H groups in total. The zero-order valence-corrected chi connectivity index (χ0v) is 18.1. The SMILES string of the molecule is CCC(C)NC(=O)c1ccccc1N1CCC(NS(=O)(=O)c2ccc(F)cc2)CC1. The molecular formula is C22H28FN3O3S. The second kappa shape index (κ2) is 9.57. The van der Waals surface area contributed by atoms with E-state index in [2.05, 4.69) is 14.9 Å². The normalized spacial score (nSPS) is 16.3. The Bertz CT molecular complexity index is 971. The monoisotopic (exact) mass is 433 g/mol. The number of nitrogens with one attached hydrogen (secondary N) is 2. The number of sulfonamides is 1. The molecule has 1 fully saturated rings. The molecule has 6 nitrogen and oxygen atoms in total. The summed E-state index contributed by atoms with van der Waals surface area (Å²) in [6.45, 7) is 5.25. The summed E-state index contributed by atoms with van der Waals surface area (Å²) in [7, 11) is -3.70. The van der Waals surface area contributed by atoms with Crippen molar-refractivity contribution < 1.29 is 17.6 Å². The van der Waals surface area contributed by atoms with Crippen molar-refractivity contribution in [3.63, 3.8) is 0 Å². The van der Waals surface area contributed by atoms with E-state index in [4.69, 9.17) is 0 Å². The molecule has 2 aromatic rings. The highest BCUT2D eigenvalue weighted by Crippen LogP contribution is 2.25. The van der Waals surface area contributed by atoms with E-state index in [9.17, 15) is 17.6 Å². The molecule has 1 amide bonds. The maximum absolute atomic E-state index is 13.1. The maximum Gasteiger partial charge on any atom is 0.253 e. The molecule has 30 heavy (non-hydrogen) atoms. The van der Waals surface area contributed by atoms with Crippen LogP contribution in [-0.4, -0.2) is 39.5 Å². The smallest absolute Gasteiger partial charge is 0.253 e. The van der Waals surface area contributed by atoms with Crippen LogP contribution in [0.5, 0.6) is 0 Å². The van der Waals surface area contributed by atoms with Crippen LogP contribution in [0, 0.1) is 5.82 Å². The average Bonchev–Trinajstić information content (AvgIpc) is 2.74. The van der Waals surface area contributed by atoms with Crippen molar-refractivity contribution >= 4 is 21.6 Å². The van der Waals surface area contributed by atoms with Crippen LogP contribution in [0.1, 0.15) is 43.5 Å². The molecule has 1 atom stereocenters. The lowest BCUT2D eigenvalue weighted by Gasteiger charge is -2.34. The molecule has 0 radical (unpaired) electrons.